The second kappa shape index (κ2) is 8.19. The third-order valence-corrected chi connectivity index (χ3v) is 8.88. The van der Waals surface area contributed by atoms with E-state index in [4.69, 9.17) is 0 Å². The van der Waals surface area contributed by atoms with Crippen LogP contribution in [0.4, 0.5) is 0 Å². The molecular formula is C38H41N2+. The average molecular weight is 526 g/mol. The standard InChI is InChI=1S/C38H41N2/c1-22-30-18-24(20-37(3,4)5)10-13-27(30)23(2)34-32(22)36-33-26(16-17-39(36)9)12-15-29-28-14-11-25(21-38(6,7)8)19-31(28)40(34)35(29)33/h10-19H,20-21H2,1-9H3/q+1. The van der Waals surface area contributed by atoms with Gasteiger partial charge in [-0.2, -0.15) is 0 Å². The van der Waals surface area contributed by atoms with Crippen molar-refractivity contribution in [3.8, 4) is 0 Å². The Morgan fingerprint density at radius 3 is 1.93 bits per heavy atom. The van der Waals surface area contributed by atoms with Crippen LogP contribution in [0.3, 0.4) is 0 Å². The van der Waals surface area contributed by atoms with Crippen LogP contribution in [0.1, 0.15) is 63.8 Å². The number of benzene rings is 4. The molecule has 0 bridgehead atoms. The predicted molar refractivity (Wildman–Crippen MR) is 173 cm³/mol. The molecule has 0 aliphatic carbocycles. The molecule has 0 N–H and O–H groups in total. The Bertz CT molecular complexity index is 2140. The molecule has 7 aromatic rings. The van der Waals surface area contributed by atoms with Crippen molar-refractivity contribution in [3.05, 3.63) is 83.0 Å². The van der Waals surface area contributed by atoms with Crippen LogP contribution in [0.15, 0.2) is 60.8 Å². The molecule has 0 fully saturated rings. The van der Waals surface area contributed by atoms with E-state index < -0.39 is 0 Å². The van der Waals surface area contributed by atoms with Gasteiger partial charge in [0.1, 0.15) is 7.05 Å². The summed E-state index contributed by atoms with van der Waals surface area (Å²) in [5, 5.41) is 9.50. The lowest BCUT2D eigenvalue weighted by molar-refractivity contribution is -0.643. The van der Waals surface area contributed by atoms with Gasteiger partial charge in [-0.05, 0) is 82.0 Å². The van der Waals surface area contributed by atoms with Crippen LogP contribution in [0.5, 0.6) is 0 Å². The lowest BCUT2D eigenvalue weighted by Gasteiger charge is -2.21. The third-order valence-electron chi connectivity index (χ3n) is 8.88. The molecule has 7 rings (SSSR count). The fourth-order valence-electron chi connectivity index (χ4n) is 7.40. The van der Waals surface area contributed by atoms with Crippen LogP contribution < -0.4 is 4.57 Å². The third kappa shape index (κ3) is 3.65. The zero-order chi connectivity index (χ0) is 28.3. The number of aromatic nitrogens is 2. The summed E-state index contributed by atoms with van der Waals surface area (Å²) in [6.07, 6.45) is 4.37. The Kier molecular flexibility index (Phi) is 5.19. The van der Waals surface area contributed by atoms with Crippen LogP contribution in [-0.4, -0.2) is 4.40 Å². The number of fused-ring (bicyclic) bond motifs is 7. The maximum Gasteiger partial charge on any atom is 0.224 e. The molecule has 202 valence electrons. The summed E-state index contributed by atoms with van der Waals surface area (Å²) in [5.74, 6) is 0. The Morgan fingerprint density at radius 2 is 1.25 bits per heavy atom. The highest BCUT2D eigenvalue weighted by atomic mass is 15.0. The van der Waals surface area contributed by atoms with Crippen molar-refractivity contribution in [2.24, 2.45) is 17.9 Å². The number of nitrogens with zero attached hydrogens (tertiary/aromatic N) is 2. The van der Waals surface area contributed by atoms with Crippen molar-refractivity contribution in [2.45, 2.75) is 68.2 Å². The Morgan fingerprint density at radius 1 is 0.625 bits per heavy atom. The second-order valence-electron chi connectivity index (χ2n) is 14.7. The topological polar surface area (TPSA) is 8.29 Å². The summed E-state index contributed by atoms with van der Waals surface area (Å²) in [6, 6.07) is 21.3. The molecule has 2 nitrogen and oxygen atoms in total. The van der Waals surface area contributed by atoms with E-state index in [9.17, 15) is 0 Å². The van der Waals surface area contributed by atoms with Gasteiger partial charge >= 0.3 is 0 Å². The largest absolute Gasteiger partial charge is 0.307 e. The molecule has 0 aliphatic rings. The van der Waals surface area contributed by atoms with Crippen molar-refractivity contribution in [1.29, 1.82) is 0 Å². The van der Waals surface area contributed by atoms with Gasteiger partial charge in [-0.15, -0.1) is 0 Å². The van der Waals surface area contributed by atoms with E-state index in [1.54, 1.807) is 0 Å². The molecule has 0 amide bonds. The smallest absolute Gasteiger partial charge is 0.224 e. The molecular weight excluding hydrogens is 484 g/mol. The predicted octanol–water partition coefficient (Wildman–Crippen LogP) is 9.76. The van der Waals surface area contributed by atoms with Crippen molar-refractivity contribution >= 4 is 59.8 Å². The van der Waals surface area contributed by atoms with Gasteiger partial charge in [0, 0.05) is 16.8 Å². The molecule has 0 atom stereocenters. The lowest BCUT2D eigenvalue weighted by atomic mass is 9.86. The maximum absolute atomic E-state index is 2.62. The molecule has 40 heavy (non-hydrogen) atoms. The van der Waals surface area contributed by atoms with Gasteiger partial charge in [-0.1, -0.05) is 84.0 Å². The summed E-state index contributed by atoms with van der Waals surface area (Å²) in [4.78, 5) is 0. The van der Waals surface area contributed by atoms with E-state index in [0.29, 0.717) is 0 Å². The number of pyridine rings is 2. The van der Waals surface area contributed by atoms with Gasteiger partial charge < -0.3 is 4.40 Å². The van der Waals surface area contributed by atoms with E-state index in [0.717, 1.165) is 12.8 Å². The van der Waals surface area contributed by atoms with Crippen LogP contribution in [0.2, 0.25) is 0 Å². The molecule has 0 spiro atoms. The molecule has 3 heterocycles. The van der Waals surface area contributed by atoms with Crippen LogP contribution >= 0.6 is 0 Å². The first-order valence-corrected chi connectivity index (χ1v) is 14.8. The number of hydrogen-bond acceptors (Lipinski definition) is 0. The summed E-state index contributed by atoms with van der Waals surface area (Å²) >= 11 is 0. The van der Waals surface area contributed by atoms with E-state index in [1.165, 1.54) is 82.0 Å². The number of rotatable bonds is 2. The second-order valence-corrected chi connectivity index (χ2v) is 14.7. The van der Waals surface area contributed by atoms with Gasteiger partial charge in [0.2, 0.25) is 5.52 Å². The maximum atomic E-state index is 2.62. The first kappa shape index (κ1) is 25.3. The fraction of sp³-hybridized carbons (Fsp3) is 0.342. The molecule has 4 aromatic carbocycles. The zero-order valence-electron chi connectivity index (χ0n) is 25.6. The highest BCUT2D eigenvalue weighted by molar-refractivity contribution is 6.28. The van der Waals surface area contributed by atoms with Crippen LogP contribution in [-0.2, 0) is 19.9 Å². The van der Waals surface area contributed by atoms with E-state index in [2.05, 4.69) is 132 Å². The molecule has 0 saturated carbocycles. The average Bonchev–Trinajstić information content (AvgIpc) is 3.19. The van der Waals surface area contributed by atoms with Gasteiger partial charge in [-0.3, -0.25) is 0 Å². The van der Waals surface area contributed by atoms with Gasteiger partial charge in [0.15, 0.2) is 6.20 Å². The van der Waals surface area contributed by atoms with E-state index in [-0.39, 0.29) is 10.8 Å². The summed E-state index contributed by atoms with van der Waals surface area (Å²) in [7, 11) is 2.21. The van der Waals surface area contributed by atoms with E-state index in [1.807, 2.05) is 0 Å². The normalized spacial score (nSPS) is 13.3. The molecule has 0 unspecified atom stereocenters. The van der Waals surface area contributed by atoms with Gasteiger partial charge in [-0.25, -0.2) is 4.57 Å². The molecule has 3 aromatic heterocycles. The van der Waals surface area contributed by atoms with Crippen LogP contribution in [0, 0.1) is 24.7 Å². The summed E-state index contributed by atoms with van der Waals surface area (Å²) < 4.78 is 4.97. The summed E-state index contributed by atoms with van der Waals surface area (Å²) in [6.45, 7) is 18.7. The first-order chi connectivity index (χ1) is 18.8. The zero-order valence-corrected chi connectivity index (χ0v) is 25.6. The quantitative estimate of drug-likeness (QED) is 0.121. The minimum absolute atomic E-state index is 0.237. The minimum Gasteiger partial charge on any atom is -0.307 e. The molecule has 0 radical (unpaired) electrons. The fourth-order valence-corrected chi connectivity index (χ4v) is 7.40. The minimum atomic E-state index is 0.237. The molecule has 2 heteroatoms. The Hall–Kier alpha value is -3.65. The highest BCUT2D eigenvalue weighted by Crippen LogP contribution is 2.44. The number of hydrogen-bond donors (Lipinski definition) is 0. The number of aryl methyl sites for hydroxylation is 3. The Labute approximate surface area is 237 Å². The monoisotopic (exact) mass is 525 g/mol. The highest BCUT2D eigenvalue weighted by Gasteiger charge is 2.27. The van der Waals surface area contributed by atoms with Gasteiger partial charge in [0.05, 0.1) is 27.3 Å². The molecule has 0 aliphatic heterocycles. The van der Waals surface area contributed by atoms with Crippen LogP contribution in [0.25, 0.3) is 59.8 Å². The summed E-state index contributed by atoms with van der Waals surface area (Å²) in [5.41, 5.74) is 11.4. The SMILES string of the molecule is Cc1c2cc(CC(C)(C)C)ccc2c(C)c2c1c1c3c(ccc4c5ccc(CC(C)(C)C)cc5n2c43)cc[n+]1C. The van der Waals surface area contributed by atoms with E-state index >= 15 is 0 Å². The van der Waals surface area contributed by atoms with Crippen molar-refractivity contribution in [1.82, 2.24) is 4.40 Å². The molecule has 0 saturated heterocycles. The van der Waals surface area contributed by atoms with Crippen molar-refractivity contribution in [3.63, 3.8) is 0 Å². The van der Waals surface area contributed by atoms with Gasteiger partial charge in [0.25, 0.3) is 0 Å². The van der Waals surface area contributed by atoms with Crippen molar-refractivity contribution < 1.29 is 4.57 Å². The Balaban J connectivity index is 1.74. The van der Waals surface area contributed by atoms with Crippen molar-refractivity contribution in [2.75, 3.05) is 0 Å². The first-order valence-electron chi connectivity index (χ1n) is 14.8. The lowest BCUT2D eigenvalue weighted by Crippen LogP contribution is -2.29.